The fourth-order valence-electron chi connectivity index (χ4n) is 2.51. The van der Waals surface area contributed by atoms with E-state index in [1.807, 2.05) is 0 Å². The van der Waals surface area contributed by atoms with Gasteiger partial charge in [0, 0.05) is 13.6 Å². The highest BCUT2D eigenvalue weighted by Crippen LogP contribution is 2.21. The van der Waals surface area contributed by atoms with Crippen LogP contribution < -0.4 is 19.1 Å². The van der Waals surface area contributed by atoms with Crippen LogP contribution in [0, 0.1) is 0 Å². The third-order valence-corrected chi connectivity index (χ3v) is 4.70. The summed E-state index contributed by atoms with van der Waals surface area (Å²) in [6, 6.07) is 13.1. The first kappa shape index (κ1) is 23.0. The lowest BCUT2D eigenvalue weighted by atomic mass is 10.1. The fourth-order valence-corrected chi connectivity index (χ4v) is 2.81. The van der Waals surface area contributed by atoms with E-state index in [0.717, 1.165) is 0 Å². The summed E-state index contributed by atoms with van der Waals surface area (Å²) in [5, 5.41) is 13.0. The standard InChI is InChI=1S/C19H24F2N2O5S/c1-23(29(25)26)15-6-8-17(9-7-15)27-13-16(24)12-22-11-10-14-4-2-3-5-18(14)28-19(20)21/h2-9,16,19,22,24H,10-13H2,1H3,(H,25,26)/t16-/m0/s1. The minimum atomic E-state index is -2.87. The number of alkyl halides is 2. The molecule has 2 aromatic rings. The van der Waals surface area contributed by atoms with Crippen LogP contribution in [0.2, 0.25) is 0 Å². The van der Waals surface area contributed by atoms with E-state index in [1.54, 1.807) is 42.5 Å². The van der Waals surface area contributed by atoms with Crippen molar-refractivity contribution in [3.8, 4) is 11.5 Å². The number of rotatable bonds is 12. The zero-order chi connectivity index (χ0) is 21.2. The first-order valence-electron chi connectivity index (χ1n) is 8.86. The number of ether oxygens (including phenoxy) is 2. The molecule has 7 nitrogen and oxygen atoms in total. The highest BCUT2D eigenvalue weighted by molar-refractivity contribution is 7.80. The SMILES string of the molecule is CN(c1ccc(OC[C@@H](O)CNCCc2ccccc2OC(F)F)cc1)S(=O)O. The molecule has 0 heterocycles. The van der Waals surface area contributed by atoms with Crippen LogP contribution in [0.25, 0.3) is 0 Å². The molecular formula is C19H24F2N2O5S. The average molecular weight is 430 g/mol. The van der Waals surface area contributed by atoms with Gasteiger partial charge >= 0.3 is 6.61 Å². The lowest BCUT2D eigenvalue weighted by Gasteiger charge is -2.16. The normalized spacial score (nSPS) is 13.2. The number of para-hydroxylation sites is 1. The summed E-state index contributed by atoms with van der Waals surface area (Å²) < 4.78 is 56.0. The predicted octanol–water partition coefficient (Wildman–Crippen LogP) is 2.43. The maximum atomic E-state index is 12.4. The van der Waals surface area contributed by atoms with Crippen LogP contribution in [0.4, 0.5) is 14.5 Å². The van der Waals surface area contributed by atoms with E-state index >= 15 is 0 Å². The molecule has 0 aliphatic carbocycles. The number of benzene rings is 2. The maximum Gasteiger partial charge on any atom is 0.387 e. The Morgan fingerprint density at radius 1 is 1.17 bits per heavy atom. The van der Waals surface area contributed by atoms with Crippen molar-refractivity contribution >= 4 is 17.0 Å². The summed E-state index contributed by atoms with van der Waals surface area (Å²) >= 11 is -2.10. The highest BCUT2D eigenvalue weighted by atomic mass is 32.2. The summed E-state index contributed by atoms with van der Waals surface area (Å²) in [6.45, 7) is -2.08. The first-order chi connectivity index (χ1) is 13.9. The largest absolute Gasteiger partial charge is 0.491 e. The maximum absolute atomic E-state index is 12.4. The van der Waals surface area contributed by atoms with E-state index in [-0.39, 0.29) is 18.9 Å². The molecule has 0 bridgehead atoms. The van der Waals surface area contributed by atoms with Gasteiger partial charge in [0.25, 0.3) is 11.3 Å². The zero-order valence-corrected chi connectivity index (χ0v) is 16.6. The first-order valence-corrected chi connectivity index (χ1v) is 9.92. The van der Waals surface area contributed by atoms with Crippen molar-refractivity contribution < 1.29 is 32.1 Å². The molecule has 3 N–H and O–H groups in total. The van der Waals surface area contributed by atoms with Gasteiger partial charge in [-0.05, 0) is 48.9 Å². The fraction of sp³-hybridized carbons (Fsp3) is 0.368. The van der Waals surface area contributed by atoms with Gasteiger partial charge in [-0.25, -0.2) is 4.21 Å². The van der Waals surface area contributed by atoms with Gasteiger partial charge in [0.1, 0.15) is 24.2 Å². The Morgan fingerprint density at radius 3 is 2.52 bits per heavy atom. The van der Waals surface area contributed by atoms with Gasteiger partial charge in [-0.15, -0.1) is 0 Å². The van der Waals surface area contributed by atoms with Crippen molar-refractivity contribution in [2.24, 2.45) is 0 Å². The van der Waals surface area contributed by atoms with Gasteiger partial charge in [0.2, 0.25) is 0 Å². The molecule has 160 valence electrons. The Labute approximate surface area is 170 Å². The Morgan fingerprint density at radius 2 is 1.86 bits per heavy atom. The van der Waals surface area contributed by atoms with Crippen LogP contribution >= 0.6 is 0 Å². The predicted molar refractivity (Wildman–Crippen MR) is 107 cm³/mol. The molecule has 0 saturated carbocycles. The van der Waals surface area contributed by atoms with Gasteiger partial charge < -0.3 is 19.9 Å². The number of hydrogen-bond donors (Lipinski definition) is 3. The van der Waals surface area contributed by atoms with Crippen LogP contribution in [0.1, 0.15) is 5.56 Å². The summed E-state index contributed by atoms with van der Waals surface area (Å²) in [7, 11) is 1.49. The molecule has 29 heavy (non-hydrogen) atoms. The second-order valence-corrected chi connectivity index (χ2v) is 7.14. The summed E-state index contributed by atoms with van der Waals surface area (Å²) in [5.41, 5.74) is 1.21. The lowest BCUT2D eigenvalue weighted by molar-refractivity contribution is -0.0504. The van der Waals surface area contributed by atoms with Crippen molar-refractivity contribution in [2.45, 2.75) is 19.1 Å². The smallest absolute Gasteiger partial charge is 0.387 e. The van der Waals surface area contributed by atoms with Crippen LogP contribution in [0.15, 0.2) is 48.5 Å². The van der Waals surface area contributed by atoms with Crippen LogP contribution in [-0.4, -0.2) is 53.3 Å². The Hall–Kier alpha value is -2.27. The van der Waals surface area contributed by atoms with Crippen molar-refractivity contribution in [1.29, 1.82) is 0 Å². The molecular weight excluding hydrogens is 406 g/mol. The third kappa shape index (κ3) is 7.94. The second kappa shape index (κ2) is 11.7. The number of halogens is 2. The average Bonchev–Trinajstić information content (AvgIpc) is 2.70. The topological polar surface area (TPSA) is 91.3 Å². The van der Waals surface area contributed by atoms with Crippen LogP contribution in [0.3, 0.4) is 0 Å². The Kier molecular flexibility index (Phi) is 9.26. The summed E-state index contributed by atoms with van der Waals surface area (Å²) in [5.74, 6) is 0.662. The molecule has 1 unspecified atom stereocenters. The lowest BCUT2D eigenvalue weighted by Crippen LogP contribution is -2.32. The number of nitrogens with one attached hydrogen (secondary N) is 1. The number of aliphatic hydroxyl groups excluding tert-OH is 1. The highest BCUT2D eigenvalue weighted by Gasteiger charge is 2.10. The van der Waals surface area contributed by atoms with Gasteiger partial charge in [-0.3, -0.25) is 8.86 Å². The van der Waals surface area contributed by atoms with E-state index in [1.165, 1.54) is 17.4 Å². The Bertz CT molecular complexity index is 779. The minimum Gasteiger partial charge on any atom is -0.491 e. The number of nitrogens with zero attached hydrogens (tertiary/aromatic N) is 1. The van der Waals surface area contributed by atoms with Crippen molar-refractivity contribution in [2.75, 3.05) is 31.0 Å². The molecule has 0 aliphatic rings. The number of hydrogen-bond acceptors (Lipinski definition) is 5. The molecule has 0 saturated heterocycles. The molecule has 0 aromatic heterocycles. The number of aliphatic hydroxyl groups is 1. The van der Waals surface area contributed by atoms with Crippen molar-refractivity contribution in [3.63, 3.8) is 0 Å². The molecule has 0 spiro atoms. The van der Waals surface area contributed by atoms with Gasteiger partial charge in [-0.2, -0.15) is 8.78 Å². The number of anilines is 1. The molecule has 0 aliphatic heterocycles. The van der Waals surface area contributed by atoms with Crippen molar-refractivity contribution in [3.05, 3.63) is 54.1 Å². The molecule has 2 rings (SSSR count). The third-order valence-electron chi connectivity index (χ3n) is 4.02. The van der Waals surface area contributed by atoms with E-state index in [9.17, 15) is 18.1 Å². The molecule has 0 fully saturated rings. The van der Waals surface area contributed by atoms with Gasteiger partial charge in [-0.1, -0.05) is 18.2 Å². The zero-order valence-electron chi connectivity index (χ0n) is 15.8. The van der Waals surface area contributed by atoms with Gasteiger partial charge in [0.15, 0.2) is 0 Å². The molecule has 0 amide bonds. The van der Waals surface area contributed by atoms with Crippen molar-refractivity contribution in [1.82, 2.24) is 5.32 Å². The molecule has 2 atom stereocenters. The molecule has 0 radical (unpaired) electrons. The molecule has 2 aromatic carbocycles. The van der Waals surface area contributed by atoms with E-state index in [0.29, 0.717) is 30.0 Å². The van der Waals surface area contributed by atoms with Gasteiger partial charge in [0.05, 0.1) is 5.69 Å². The van der Waals surface area contributed by atoms with E-state index in [2.05, 4.69) is 10.1 Å². The summed E-state index contributed by atoms with van der Waals surface area (Å²) in [6.07, 6.45) is -0.299. The van der Waals surface area contributed by atoms with E-state index < -0.39 is 24.0 Å². The van der Waals surface area contributed by atoms with Crippen LogP contribution in [0.5, 0.6) is 11.5 Å². The summed E-state index contributed by atoms with van der Waals surface area (Å²) in [4.78, 5) is 0. The monoisotopic (exact) mass is 430 g/mol. The minimum absolute atomic E-state index is 0.0548. The van der Waals surface area contributed by atoms with E-state index in [4.69, 9.17) is 9.29 Å². The van der Waals surface area contributed by atoms with Crippen LogP contribution in [-0.2, 0) is 17.7 Å². The molecule has 10 heteroatoms. The quantitative estimate of drug-likeness (QED) is 0.354. The second-order valence-electron chi connectivity index (χ2n) is 6.13. The Balaban J connectivity index is 1.70.